The predicted octanol–water partition coefficient (Wildman–Crippen LogP) is 3.85. The van der Waals surface area contributed by atoms with E-state index >= 15 is 0 Å². The summed E-state index contributed by atoms with van der Waals surface area (Å²) in [5.41, 5.74) is 0.669. The third-order valence-electron chi connectivity index (χ3n) is 4.68. The van der Waals surface area contributed by atoms with E-state index in [0.29, 0.717) is 28.1 Å². The summed E-state index contributed by atoms with van der Waals surface area (Å²) < 4.78 is 10.5. The first-order chi connectivity index (χ1) is 11.5. The number of hydrogen-bond acceptors (Lipinski definition) is 4. The fourth-order valence-electron chi connectivity index (χ4n) is 3.11. The van der Waals surface area contributed by atoms with E-state index < -0.39 is 6.04 Å². The van der Waals surface area contributed by atoms with Gasteiger partial charge in [-0.25, -0.2) is 0 Å². The van der Waals surface area contributed by atoms with Gasteiger partial charge in [0.15, 0.2) is 0 Å². The molecule has 1 aliphatic carbocycles. The van der Waals surface area contributed by atoms with E-state index in [-0.39, 0.29) is 11.9 Å². The van der Waals surface area contributed by atoms with Crippen molar-refractivity contribution in [2.75, 3.05) is 19.5 Å². The lowest BCUT2D eigenvalue weighted by molar-refractivity contribution is -0.122. The number of ether oxygens (including phenoxy) is 2. The number of amides is 1. The SMILES string of the molecule is COc1cc(OC)c(N[C@H](C)C(=O)N[C@@H]2CCCC[C@H]2C)cc1Cl. The highest BCUT2D eigenvalue weighted by molar-refractivity contribution is 6.32. The van der Waals surface area contributed by atoms with Crippen molar-refractivity contribution in [2.24, 2.45) is 5.92 Å². The van der Waals surface area contributed by atoms with Crippen LogP contribution in [0.2, 0.25) is 5.02 Å². The summed E-state index contributed by atoms with van der Waals surface area (Å²) in [5.74, 6) is 1.64. The minimum Gasteiger partial charge on any atom is -0.495 e. The van der Waals surface area contributed by atoms with Crippen LogP contribution in [0.5, 0.6) is 11.5 Å². The first-order valence-corrected chi connectivity index (χ1v) is 8.82. The van der Waals surface area contributed by atoms with Crippen molar-refractivity contribution in [1.29, 1.82) is 0 Å². The quantitative estimate of drug-likeness (QED) is 0.814. The summed E-state index contributed by atoms with van der Waals surface area (Å²) in [6.07, 6.45) is 4.66. The molecule has 134 valence electrons. The molecule has 24 heavy (non-hydrogen) atoms. The number of hydrogen-bond donors (Lipinski definition) is 2. The molecular weight excluding hydrogens is 328 g/mol. The summed E-state index contributed by atoms with van der Waals surface area (Å²) >= 11 is 6.18. The molecule has 3 atom stereocenters. The Morgan fingerprint density at radius 1 is 1.21 bits per heavy atom. The fraction of sp³-hybridized carbons (Fsp3) is 0.611. The maximum Gasteiger partial charge on any atom is 0.242 e. The average Bonchev–Trinajstić information content (AvgIpc) is 2.57. The Kier molecular flexibility index (Phi) is 6.60. The number of carbonyl (C=O) groups is 1. The summed E-state index contributed by atoms with van der Waals surface area (Å²) in [4.78, 5) is 12.5. The molecule has 0 unspecified atom stereocenters. The van der Waals surface area contributed by atoms with Gasteiger partial charge in [-0.1, -0.05) is 31.4 Å². The van der Waals surface area contributed by atoms with E-state index in [2.05, 4.69) is 17.6 Å². The minimum absolute atomic E-state index is 0.0113. The molecule has 0 aliphatic heterocycles. The summed E-state index contributed by atoms with van der Waals surface area (Å²) in [5, 5.41) is 6.81. The highest BCUT2D eigenvalue weighted by atomic mass is 35.5. The highest BCUT2D eigenvalue weighted by Gasteiger charge is 2.25. The van der Waals surface area contributed by atoms with Gasteiger partial charge in [-0.3, -0.25) is 4.79 Å². The molecule has 0 saturated heterocycles. The zero-order valence-electron chi connectivity index (χ0n) is 14.8. The number of nitrogens with one attached hydrogen (secondary N) is 2. The lowest BCUT2D eigenvalue weighted by atomic mass is 9.86. The van der Waals surface area contributed by atoms with E-state index in [4.69, 9.17) is 21.1 Å². The monoisotopic (exact) mass is 354 g/mol. The van der Waals surface area contributed by atoms with Gasteiger partial charge in [0, 0.05) is 12.1 Å². The van der Waals surface area contributed by atoms with Gasteiger partial charge >= 0.3 is 0 Å². The van der Waals surface area contributed by atoms with Crippen LogP contribution < -0.4 is 20.1 Å². The van der Waals surface area contributed by atoms with Crippen LogP contribution in [0.4, 0.5) is 5.69 Å². The Hall–Kier alpha value is -1.62. The lowest BCUT2D eigenvalue weighted by Crippen LogP contribution is -2.46. The van der Waals surface area contributed by atoms with Crippen LogP contribution in [0.3, 0.4) is 0 Å². The number of anilines is 1. The van der Waals surface area contributed by atoms with Crippen LogP contribution in [0, 0.1) is 5.92 Å². The molecule has 1 aromatic carbocycles. The molecule has 1 fully saturated rings. The van der Waals surface area contributed by atoms with E-state index in [1.54, 1.807) is 26.4 Å². The maximum atomic E-state index is 12.5. The zero-order chi connectivity index (χ0) is 17.7. The average molecular weight is 355 g/mol. The van der Waals surface area contributed by atoms with Crippen molar-refractivity contribution in [3.05, 3.63) is 17.2 Å². The van der Waals surface area contributed by atoms with Gasteiger partial charge in [0.1, 0.15) is 17.5 Å². The standard InChI is InChI=1S/C18H27ClN2O3/c1-11-7-5-6-8-14(11)21-18(22)12(2)20-15-9-13(19)16(23-3)10-17(15)24-4/h9-12,14,20H,5-8H2,1-4H3,(H,21,22)/t11-,12-,14-/m1/s1. The first kappa shape index (κ1) is 18.7. The Labute approximate surface area is 149 Å². The second kappa shape index (κ2) is 8.47. The van der Waals surface area contributed by atoms with E-state index in [0.717, 1.165) is 6.42 Å². The van der Waals surface area contributed by atoms with Gasteiger partial charge in [-0.15, -0.1) is 0 Å². The molecule has 2 N–H and O–H groups in total. The summed E-state index contributed by atoms with van der Waals surface area (Å²) in [6, 6.07) is 3.29. The van der Waals surface area contributed by atoms with Crippen molar-refractivity contribution >= 4 is 23.2 Å². The largest absolute Gasteiger partial charge is 0.495 e. The fourth-order valence-corrected chi connectivity index (χ4v) is 3.35. The van der Waals surface area contributed by atoms with Crippen LogP contribution in [0.15, 0.2) is 12.1 Å². The second-order valence-corrected chi connectivity index (χ2v) is 6.84. The number of carbonyl (C=O) groups excluding carboxylic acids is 1. The second-order valence-electron chi connectivity index (χ2n) is 6.43. The van der Waals surface area contributed by atoms with Gasteiger partial charge in [-0.2, -0.15) is 0 Å². The zero-order valence-corrected chi connectivity index (χ0v) is 15.6. The van der Waals surface area contributed by atoms with Crippen LogP contribution in [0.25, 0.3) is 0 Å². The molecule has 1 saturated carbocycles. The van der Waals surface area contributed by atoms with Crippen molar-refractivity contribution < 1.29 is 14.3 Å². The van der Waals surface area contributed by atoms with Gasteiger partial charge in [0.25, 0.3) is 0 Å². The van der Waals surface area contributed by atoms with E-state index in [9.17, 15) is 4.79 Å². The normalized spacial score (nSPS) is 21.7. The molecule has 0 spiro atoms. The lowest BCUT2D eigenvalue weighted by Gasteiger charge is -2.30. The summed E-state index contributed by atoms with van der Waals surface area (Å²) in [6.45, 7) is 4.04. The van der Waals surface area contributed by atoms with Crippen molar-refractivity contribution in [3.63, 3.8) is 0 Å². The van der Waals surface area contributed by atoms with Crippen LogP contribution in [0.1, 0.15) is 39.5 Å². The predicted molar refractivity (Wildman–Crippen MR) is 97.2 cm³/mol. The van der Waals surface area contributed by atoms with Gasteiger partial charge < -0.3 is 20.1 Å². The minimum atomic E-state index is -0.391. The molecule has 0 bridgehead atoms. The number of halogens is 1. The molecule has 1 amide bonds. The topological polar surface area (TPSA) is 59.6 Å². The van der Waals surface area contributed by atoms with Crippen LogP contribution in [-0.2, 0) is 4.79 Å². The van der Waals surface area contributed by atoms with E-state index in [1.165, 1.54) is 19.3 Å². The van der Waals surface area contributed by atoms with Gasteiger partial charge in [-0.05, 0) is 31.7 Å². The first-order valence-electron chi connectivity index (χ1n) is 8.44. The number of rotatable bonds is 6. The molecule has 2 rings (SSSR count). The Balaban J connectivity index is 2.04. The maximum absolute atomic E-state index is 12.5. The third kappa shape index (κ3) is 4.47. The van der Waals surface area contributed by atoms with Crippen molar-refractivity contribution in [3.8, 4) is 11.5 Å². The summed E-state index contributed by atoms with van der Waals surface area (Å²) in [7, 11) is 3.12. The molecular formula is C18H27ClN2O3. The number of benzene rings is 1. The molecule has 1 aliphatic rings. The smallest absolute Gasteiger partial charge is 0.242 e. The van der Waals surface area contributed by atoms with Crippen LogP contribution >= 0.6 is 11.6 Å². The van der Waals surface area contributed by atoms with Gasteiger partial charge in [0.2, 0.25) is 5.91 Å². The molecule has 5 nitrogen and oxygen atoms in total. The van der Waals surface area contributed by atoms with Gasteiger partial charge in [0.05, 0.1) is 24.9 Å². The molecule has 0 radical (unpaired) electrons. The number of methoxy groups -OCH3 is 2. The molecule has 0 heterocycles. The Morgan fingerprint density at radius 2 is 1.88 bits per heavy atom. The highest BCUT2D eigenvalue weighted by Crippen LogP contribution is 2.36. The molecule has 0 aromatic heterocycles. The Morgan fingerprint density at radius 3 is 2.50 bits per heavy atom. The Bertz CT molecular complexity index is 580. The molecule has 6 heteroatoms. The van der Waals surface area contributed by atoms with Crippen molar-refractivity contribution in [2.45, 2.75) is 51.6 Å². The van der Waals surface area contributed by atoms with Crippen molar-refractivity contribution in [1.82, 2.24) is 5.32 Å². The molecule has 1 aromatic rings. The third-order valence-corrected chi connectivity index (χ3v) is 4.97. The van der Waals surface area contributed by atoms with Crippen LogP contribution in [-0.4, -0.2) is 32.2 Å². The van der Waals surface area contributed by atoms with E-state index in [1.807, 2.05) is 6.92 Å².